The largest absolute Gasteiger partial charge is 0.390 e. The summed E-state index contributed by atoms with van der Waals surface area (Å²) in [7, 11) is 0. The number of rotatable bonds is 3. The lowest BCUT2D eigenvalue weighted by atomic mass is 9.44. The third-order valence-corrected chi connectivity index (χ3v) is 10.6. The summed E-state index contributed by atoms with van der Waals surface area (Å²) in [5, 5.41) is 10.7. The van der Waals surface area contributed by atoms with E-state index in [1.807, 2.05) is 24.6 Å². The first-order chi connectivity index (χ1) is 14.1. The third kappa shape index (κ3) is 3.04. The first kappa shape index (κ1) is 20.7. The smallest absolute Gasteiger partial charge is 0.156 e. The van der Waals surface area contributed by atoms with Gasteiger partial charge in [-0.1, -0.05) is 13.8 Å². The van der Waals surface area contributed by atoms with E-state index in [1.54, 1.807) is 6.20 Å². The Morgan fingerprint density at radius 3 is 2.57 bits per heavy atom. The molecule has 8 atom stereocenters. The van der Waals surface area contributed by atoms with Crippen molar-refractivity contribution in [3.63, 3.8) is 0 Å². The number of hydrogen-bond donors (Lipinski definition) is 1. The van der Waals surface area contributed by atoms with Crippen LogP contribution >= 0.6 is 0 Å². The molecule has 1 aromatic rings. The quantitative estimate of drug-likeness (QED) is 0.745. The molecule has 0 spiro atoms. The molecule has 0 radical (unpaired) electrons. The number of fused-ring (bicyclic) bond motifs is 5. The Hall–Kier alpha value is -1.16. The summed E-state index contributed by atoms with van der Waals surface area (Å²) in [6.45, 7) is 9.52. The summed E-state index contributed by atoms with van der Waals surface area (Å²) in [5.74, 6) is 4.52. The molecule has 4 fully saturated rings. The van der Waals surface area contributed by atoms with Crippen molar-refractivity contribution >= 4 is 5.78 Å². The van der Waals surface area contributed by atoms with Crippen molar-refractivity contribution < 1.29 is 9.90 Å². The number of ketones is 1. The molecule has 4 aliphatic carbocycles. The fraction of sp³-hybridized carbons (Fsp3) is 0.846. The molecular formula is C26H40N2O2. The van der Waals surface area contributed by atoms with Crippen LogP contribution in [0.2, 0.25) is 0 Å². The lowest BCUT2D eigenvalue weighted by Gasteiger charge is -2.61. The minimum absolute atomic E-state index is 0.177. The Morgan fingerprint density at radius 1 is 1.07 bits per heavy atom. The molecule has 4 saturated carbocycles. The molecule has 1 aromatic heterocycles. The summed E-state index contributed by atoms with van der Waals surface area (Å²) in [6, 6.07) is 0. The highest BCUT2D eigenvalue weighted by molar-refractivity contribution is 5.82. The van der Waals surface area contributed by atoms with Gasteiger partial charge in [0.2, 0.25) is 0 Å². The summed E-state index contributed by atoms with van der Waals surface area (Å²) in [4.78, 5) is 17.7. The van der Waals surface area contributed by atoms with Gasteiger partial charge in [-0.2, -0.15) is 0 Å². The molecule has 30 heavy (non-hydrogen) atoms. The second kappa shape index (κ2) is 6.92. The number of imidazole rings is 1. The zero-order valence-corrected chi connectivity index (χ0v) is 19.4. The van der Waals surface area contributed by atoms with E-state index in [4.69, 9.17) is 0 Å². The number of Topliss-reactive ketones (excluding diaryl/α,β-unsaturated/α-hetero) is 1. The van der Waals surface area contributed by atoms with E-state index in [1.165, 1.54) is 38.5 Å². The van der Waals surface area contributed by atoms with Gasteiger partial charge in [-0.3, -0.25) is 4.79 Å². The zero-order chi connectivity index (χ0) is 21.3. The summed E-state index contributed by atoms with van der Waals surface area (Å²) >= 11 is 0. The number of nitrogens with zero attached hydrogens (tertiary/aromatic N) is 2. The molecule has 1 heterocycles. The predicted octanol–water partition coefficient (Wildman–Crippen LogP) is 5.17. The van der Waals surface area contributed by atoms with Crippen molar-refractivity contribution in [3.05, 3.63) is 18.2 Å². The van der Waals surface area contributed by atoms with Crippen molar-refractivity contribution in [1.82, 2.24) is 9.55 Å². The number of aromatic nitrogens is 2. The van der Waals surface area contributed by atoms with Gasteiger partial charge in [0.15, 0.2) is 5.78 Å². The monoisotopic (exact) mass is 412 g/mol. The van der Waals surface area contributed by atoms with Crippen molar-refractivity contribution in [1.29, 1.82) is 0 Å². The normalized spacial score (nSPS) is 48.0. The van der Waals surface area contributed by atoms with Crippen LogP contribution in [0.1, 0.15) is 84.4 Å². The molecule has 0 saturated heterocycles. The van der Waals surface area contributed by atoms with E-state index in [-0.39, 0.29) is 11.3 Å². The van der Waals surface area contributed by atoms with Gasteiger partial charge < -0.3 is 9.67 Å². The highest BCUT2D eigenvalue weighted by atomic mass is 16.3. The lowest BCUT2D eigenvalue weighted by Crippen LogP contribution is -2.55. The van der Waals surface area contributed by atoms with Crippen LogP contribution in [0.15, 0.2) is 12.4 Å². The van der Waals surface area contributed by atoms with Crippen molar-refractivity contribution in [2.75, 3.05) is 0 Å². The Morgan fingerprint density at radius 2 is 1.83 bits per heavy atom. The maximum Gasteiger partial charge on any atom is 0.156 e. The standard InChI is InChI=1S/C26H40N2O2/c1-17-27-13-14-28(17)16-23(29)22-8-7-20-19-6-5-18-15-24(2,30)11-12-25(18,3)21(19)9-10-26(20,22)4/h13-14,18-22,30H,5-12,15-16H2,1-4H3/t18?,19-,20-,21-,22+,24+,25-,26?/m0/s1. The number of carbonyl (C=O) groups is 1. The SMILES string of the molecule is Cc1nccn1CC(=O)[C@H]1CC[C@H]2[C@@H]3CCC4C[C@](C)(O)CC[C@]4(C)[C@H]3CCC12C. The number of aryl methyl sites for hydroxylation is 1. The van der Waals surface area contributed by atoms with Gasteiger partial charge in [0.1, 0.15) is 5.82 Å². The van der Waals surface area contributed by atoms with Gasteiger partial charge in [-0.15, -0.1) is 0 Å². The van der Waals surface area contributed by atoms with Crippen LogP contribution in [0, 0.1) is 47.3 Å². The maximum absolute atomic E-state index is 13.4. The van der Waals surface area contributed by atoms with E-state index >= 15 is 0 Å². The predicted molar refractivity (Wildman–Crippen MR) is 118 cm³/mol. The van der Waals surface area contributed by atoms with Crippen molar-refractivity contribution in [2.24, 2.45) is 40.4 Å². The first-order valence-electron chi connectivity index (χ1n) is 12.4. The van der Waals surface area contributed by atoms with Crippen LogP contribution in [0.4, 0.5) is 0 Å². The van der Waals surface area contributed by atoms with Crippen LogP contribution in [-0.2, 0) is 11.3 Å². The van der Waals surface area contributed by atoms with E-state index in [0.29, 0.717) is 29.6 Å². The topological polar surface area (TPSA) is 55.1 Å². The van der Waals surface area contributed by atoms with Crippen molar-refractivity contribution in [2.45, 2.75) is 97.6 Å². The number of hydrogen-bond acceptors (Lipinski definition) is 3. The molecule has 4 aliphatic rings. The minimum atomic E-state index is -0.462. The molecule has 166 valence electrons. The number of carbonyl (C=O) groups excluding carboxylic acids is 1. The molecule has 2 unspecified atom stereocenters. The van der Waals surface area contributed by atoms with Gasteiger partial charge in [0, 0.05) is 18.3 Å². The van der Waals surface area contributed by atoms with Crippen LogP contribution in [0.3, 0.4) is 0 Å². The van der Waals surface area contributed by atoms with Gasteiger partial charge in [0.05, 0.1) is 12.1 Å². The van der Waals surface area contributed by atoms with Crippen LogP contribution in [0.5, 0.6) is 0 Å². The Bertz CT molecular complexity index is 829. The molecule has 1 N–H and O–H groups in total. The molecule has 4 nitrogen and oxygen atoms in total. The summed E-state index contributed by atoms with van der Waals surface area (Å²) < 4.78 is 2.02. The molecular weight excluding hydrogens is 372 g/mol. The molecule has 5 rings (SSSR count). The van der Waals surface area contributed by atoms with E-state index in [9.17, 15) is 9.90 Å². The molecule has 0 aliphatic heterocycles. The highest BCUT2D eigenvalue weighted by Crippen LogP contribution is 2.68. The lowest BCUT2D eigenvalue weighted by molar-refractivity contribution is -0.151. The molecule has 0 amide bonds. The van der Waals surface area contributed by atoms with E-state index < -0.39 is 5.60 Å². The van der Waals surface area contributed by atoms with Gasteiger partial charge in [0.25, 0.3) is 0 Å². The maximum atomic E-state index is 13.4. The van der Waals surface area contributed by atoms with E-state index in [2.05, 4.69) is 18.8 Å². The van der Waals surface area contributed by atoms with E-state index in [0.717, 1.165) is 36.9 Å². The molecule has 4 heteroatoms. The fourth-order valence-electron chi connectivity index (χ4n) is 8.81. The number of aliphatic hydroxyl groups is 1. The summed E-state index contributed by atoms with van der Waals surface area (Å²) in [5.41, 5.74) is 0.106. The second-order valence-electron chi connectivity index (χ2n) is 12.1. The average Bonchev–Trinajstić information content (AvgIpc) is 3.24. The van der Waals surface area contributed by atoms with Crippen LogP contribution in [-0.4, -0.2) is 26.0 Å². The molecule has 0 aromatic carbocycles. The van der Waals surface area contributed by atoms with Crippen LogP contribution < -0.4 is 0 Å². The highest BCUT2D eigenvalue weighted by Gasteiger charge is 2.61. The van der Waals surface area contributed by atoms with Crippen LogP contribution in [0.25, 0.3) is 0 Å². The Balaban J connectivity index is 1.35. The Kier molecular flexibility index (Phi) is 4.78. The van der Waals surface area contributed by atoms with Gasteiger partial charge in [-0.25, -0.2) is 4.98 Å². The Labute approximate surface area is 181 Å². The second-order valence-corrected chi connectivity index (χ2v) is 12.1. The fourth-order valence-corrected chi connectivity index (χ4v) is 8.81. The average molecular weight is 413 g/mol. The van der Waals surface area contributed by atoms with Gasteiger partial charge in [-0.05, 0) is 106 Å². The zero-order valence-electron chi connectivity index (χ0n) is 19.4. The van der Waals surface area contributed by atoms with Crippen molar-refractivity contribution in [3.8, 4) is 0 Å². The minimum Gasteiger partial charge on any atom is -0.390 e. The third-order valence-electron chi connectivity index (χ3n) is 10.6. The first-order valence-corrected chi connectivity index (χ1v) is 12.4. The molecule has 0 bridgehead atoms. The van der Waals surface area contributed by atoms with Gasteiger partial charge >= 0.3 is 0 Å². The summed E-state index contributed by atoms with van der Waals surface area (Å²) in [6.07, 6.45) is 14.2.